The van der Waals surface area contributed by atoms with Gasteiger partial charge in [-0.25, -0.2) is 0 Å². The van der Waals surface area contributed by atoms with Crippen molar-refractivity contribution in [3.63, 3.8) is 0 Å². The second kappa shape index (κ2) is 16.0. The minimum Gasteiger partial charge on any atom is -0.494 e. The maximum absolute atomic E-state index is 13.4. The van der Waals surface area contributed by atoms with Crippen LogP contribution in [0.5, 0.6) is 5.75 Å². The van der Waals surface area contributed by atoms with E-state index in [9.17, 15) is 27.6 Å². The highest BCUT2D eigenvalue weighted by molar-refractivity contribution is 6.09. The fraction of sp³-hybridized carbons (Fsp3) is 0.175. The molecular weight excluding hydrogens is 643 g/mol. The highest BCUT2D eigenvalue weighted by Crippen LogP contribution is 2.32. The maximum Gasteiger partial charge on any atom is 0.416 e. The molecule has 1 atom stereocenters. The SMILES string of the molecule is CCOc1ccc(CC(=O)NC(C(=O)NCc2ccc(NC(=O)c3ccccc3-c3ccc(C(F)(F)F)cc3)c(C)c2)c2ccccc2)cc1. The van der Waals surface area contributed by atoms with Crippen LogP contribution < -0.4 is 20.7 Å². The number of nitrogens with one attached hydrogen (secondary N) is 3. The topological polar surface area (TPSA) is 96.5 Å². The number of halogens is 3. The molecule has 3 amide bonds. The molecule has 7 nitrogen and oxygen atoms in total. The normalized spacial score (nSPS) is 11.7. The van der Waals surface area contributed by atoms with Crippen LogP contribution in [0.25, 0.3) is 11.1 Å². The third-order valence-corrected chi connectivity index (χ3v) is 8.00. The van der Waals surface area contributed by atoms with Gasteiger partial charge in [-0.05, 0) is 83.6 Å². The summed E-state index contributed by atoms with van der Waals surface area (Å²) in [7, 11) is 0. The maximum atomic E-state index is 13.4. The van der Waals surface area contributed by atoms with Gasteiger partial charge in [-0.15, -0.1) is 0 Å². The molecule has 0 aromatic heterocycles. The van der Waals surface area contributed by atoms with Crippen molar-refractivity contribution >= 4 is 23.4 Å². The lowest BCUT2D eigenvalue weighted by atomic mass is 9.98. The van der Waals surface area contributed by atoms with Gasteiger partial charge in [0.05, 0.1) is 18.6 Å². The molecule has 5 aromatic carbocycles. The number of amides is 3. The van der Waals surface area contributed by atoms with Gasteiger partial charge >= 0.3 is 6.18 Å². The van der Waals surface area contributed by atoms with E-state index in [1.807, 2.05) is 38.1 Å². The summed E-state index contributed by atoms with van der Waals surface area (Å²) >= 11 is 0. The van der Waals surface area contributed by atoms with Crippen molar-refractivity contribution in [3.8, 4) is 16.9 Å². The van der Waals surface area contributed by atoms with E-state index < -0.39 is 23.7 Å². The average Bonchev–Trinajstić information content (AvgIpc) is 3.11. The zero-order valence-corrected chi connectivity index (χ0v) is 27.5. The first-order valence-corrected chi connectivity index (χ1v) is 16.0. The Bertz CT molecular complexity index is 1940. The minimum atomic E-state index is -4.46. The molecule has 3 N–H and O–H groups in total. The number of hydrogen-bond acceptors (Lipinski definition) is 4. The standard InChI is InChI=1S/C40H36F3N3O4/c1-3-50-32-20-13-27(14-21-32)24-36(47)46-37(30-9-5-4-6-10-30)39(49)44-25-28-15-22-35(26(2)23-28)45-38(48)34-12-8-7-11-33(34)29-16-18-31(19-17-29)40(41,42)43/h4-23,37H,3,24-25H2,1-2H3,(H,44,49)(H,45,48)(H,46,47). The molecule has 50 heavy (non-hydrogen) atoms. The van der Waals surface area contributed by atoms with Crippen LogP contribution in [0.3, 0.4) is 0 Å². The Morgan fingerprint density at radius 1 is 0.780 bits per heavy atom. The Labute approximate surface area is 288 Å². The summed E-state index contributed by atoms with van der Waals surface area (Å²) in [5.74, 6) is -0.401. The number of aryl methyl sites for hydroxylation is 1. The van der Waals surface area contributed by atoms with Crippen LogP contribution in [-0.4, -0.2) is 24.3 Å². The van der Waals surface area contributed by atoms with Crippen molar-refractivity contribution in [1.82, 2.24) is 10.6 Å². The highest BCUT2D eigenvalue weighted by atomic mass is 19.4. The minimum absolute atomic E-state index is 0.0875. The number of rotatable bonds is 12. The van der Waals surface area contributed by atoms with E-state index in [2.05, 4.69) is 16.0 Å². The Hall–Kier alpha value is -5.90. The number of carbonyl (C=O) groups is 3. The summed E-state index contributed by atoms with van der Waals surface area (Å²) in [5, 5.41) is 8.67. The van der Waals surface area contributed by atoms with E-state index in [4.69, 9.17) is 4.74 Å². The third-order valence-electron chi connectivity index (χ3n) is 8.00. The summed E-state index contributed by atoms with van der Waals surface area (Å²) in [6.07, 6.45) is -4.37. The first-order chi connectivity index (χ1) is 24.0. The fourth-order valence-electron chi connectivity index (χ4n) is 5.44. The highest BCUT2D eigenvalue weighted by Gasteiger charge is 2.30. The van der Waals surface area contributed by atoms with Gasteiger partial charge < -0.3 is 20.7 Å². The van der Waals surface area contributed by atoms with E-state index in [1.165, 1.54) is 12.1 Å². The number of ether oxygens (including phenoxy) is 1. The van der Waals surface area contributed by atoms with Gasteiger partial charge in [0.1, 0.15) is 11.8 Å². The van der Waals surface area contributed by atoms with Gasteiger partial charge in [0.15, 0.2) is 0 Å². The van der Waals surface area contributed by atoms with Crippen LogP contribution in [0, 0.1) is 6.92 Å². The first-order valence-electron chi connectivity index (χ1n) is 16.0. The quantitative estimate of drug-likeness (QED) is 0.124. The molecule has 0 aliphatic heterocycles. The second-order valence-corrected chi connectivity index (χ2v) is 11.6. The molecular formula is C40H36F3N3O4. The summed E-state index contributed by atoms with van der Waals surface area (Å²) in [4.78, 5) is 39.8. The average molecular weight is 680 g/mol. The largest absolute Gasteiger partial charge is 0.494 e. The molecule has 0 aliphatic carbocycles. The van der Waals surface area contributed by atoms with Crippen molar-refractivity contribution in [2.45, 2.75) is 39.0 Å². The molecule has 0 heterocycles. The molecule has 0 spiro atoms. The second-order valence-electron chi connectivity index (χ2n) is 11.6. The van der Waals surface area contributed by atoms with E-state index in [0.717, 1.165) is 28.8 Å². The van der Waals surface area contributed by atoms with E-state index in [1.54, 1.807) is 72.8 Å². The monoisotopic (exact) mass is 679 g/mol. The van der Waals surface area contributed by atoms with Gasteiger partial charge in [0.2, 0.25) is 11.8 Å². The first kappa shape index (κ1) is 35.4. The van der Waals surface area contributed by atoms with Crippen molar-refractivity contribution in [2.24, 2.45) is 0 Å². The van der Waals surface area contributed by atoms with E-state index in [-0.39, 0.29) is 24.8 Å². The molecule has 0 bridgehead atoms. The van der Waals surface area contributed by atoms with Gasteiger partial charge in [-0.2, -0.15) is 13.2 Å². The number of hydrogen-bond donors (Lipinski definition) is 3. The fourth-order valence-corrected chi connectivity index (χ4v) is 5.44. The predicted molar refractivity (Wildman–Crippen MR) is 186 cm³/mol. The lowest BCUT2D eigenvalue weighted by Crippen LogP contribution is -2.40. The molecule has 0 radical (unpaired) electrons. The third kappa shape index (κ3) is 9.16. The van der Waals surface area contributed by atoms with Crippen LogP contribution in [0.15, 0.2) is 121 Å². The lowest BCUT2D eigenvalue weighted by molar-refractivity contribution is -0.137. The number of anilines is 1. The summed E-state index contributed by atoms with van der Waals surface area (Å²) in [6, 6.07) is 32.0. The van der Waals surface area contributed by atoms with Gasteiger partial charge in [0.25, 0.3) is 5.91 Å². The molecule has 1 unspecified atom stereocenters. The van der Waals surface area contributed by atoms with Gasteiger partial charge in [0, 0.05) is 17.8 Å². The van der Waals surface area contributed by atoms with Crippen LogP contribution in [-0.2, 0) is 28.7 Å². The van der Waals surface area contributed by atoms with E-state index >= 15 is 0 Å². The number of benzene rings is 5. The summed E-state index contributed by atoms with van der Waals surface area (Å²) < 4.78 is 44.7. The molecule has 0 saturated heterocycles. The Balaban J connectivity index is 1.23. The zero-order valence-electron chi connectivity index (χ0n) is 27.5. The predicted octanol–water partition coefficient (Wildman–Crippen LogP) is 8.05. The zero-order chi connectivity index (χ0) is 35.7. The molecule has 0 saturated carbocycles. The van der Waals surface area contributed by atoms with Gasteiger partial charge in [-0.3, -0.25) is 14.4 Å². The smallest absolute Gasteiger partial charge is 0.416 e. The summed E-state index contributed by atoms with van der Waals surface area (Å²) in [5.41, 5.74) is 3.97. The van der Waals surface area contributed by atoms with Crippen LogP contribution >= 0.6 is 0 Å². The van der Waals surface area contributed by atoms with Crippen molar-refractivity contribution < 1.29 is 32.3 Å². The van der Waals surface area contributed by atoms with Crippen LogP contribution in [0.2, 0.25) is 0 Å². The van der Waals surface area contributed by atoms with Crippen molar-refractivity contribution in [1.29, 1.82) is 0 Å². The Morgan fingerprint density at radius 2 is 1.44 bits per heavy atom. The number of alkyl halides is 3. The summed E-state index contributed by atoms with van der Waals surface area (Å²) in [6.45, 7) is 4.42. The van der Waals surface area contributed by atoms with Gasteiger partial charge in [-0.1, -0.05) is 84.9 Å². The Morgan fingerprint density at radius 3 is 2.10 bits per heavy atom. The van der Waals surface area contributed by atoms with Crippen molar-refractivity contribution in [2.75, 3.05) is 11.9 Å². The lowest BCUT2D eigenvalue weighted by Gasteiger charge is -2.19. The molecule has 5 rings (SSSR count). The molecule has 256 valence electrons. The van der Waals surface area contributed by atoms with Crippen LogP contribution in [0.4, 0.5) is 18.9 Å². The number of carbonyl (C=O) groups excluding carboxylic acids is 3. The van der Waals surface area contributed by atoms with E-state index in [0.29, 0.717) is 40.3 Å². The molecule has 10 heteroatoms. The molecule has 0 fully saturated rings. The van der Waals surface area contributed by atoms with Crippen molar-refractivity contribution in [3.05, 3.63) is 155 Å². The van der Waals surface area contributed by atoms with Crippen LogP contribution in [0.1, 0.15) is 51.1 Å². The Kier molecular flexibility index (Phi) is 11.3. The molecule has 0 aliphatic rings. The molecule has 5 aromatic rings.